The van der Waals surface area contributed by atoms with Gasteiger partial charge in [0.05, 0.1) is 0 Å². The Morgan fingerprint density at radius 1 is 1.32 bits per heavy atom. The lowest BCUT2D eigenvalue weighted by Gasteiger charge is -2.10. The molecule has 2 aromatic heterocycles. The summed E-state index contributed by atoms with van der Waals surface area (Å²) in [6, 6.07) is 6.28. The van der Waals surface area contributed by atoms with E-state index in [0.717, 1.165) is 36.7 Å². The zero-order chi connectivity index (χ0) is 13.7. The van der Waals surface area contributed by atoms with Crippen LogP contribution in [0.5, 0.6) is 0 Å². The van der Waals surface area contributed by atoms with E-state index in [9.17, 15) is 0 Å². The van der Waals surface area contributed by atoms with Gasteiger partial charge in [-0.25, -0.2) is 9.97 Å². The maximum Gasteiger partial charge on any atom is 0.136 e. The number of hydrogen-bond donors (Lipinski definition) is 1. The van der Waals surface area contributed by atoms with Gasteiger partial charge in [-0.15, -0.1) is 11.3 Å². The van der Waals surface area contributed by atoms with E-state index in [4.69, 9.17) is 0 Å². The Morgan fingerprint density at radius 2 is 2.16 bits per heavy atom. The highest BCUT2D eigenvalue weighted by molar-refractivity contribution is 7.09. The third-order valence-electron chi connectivity index (χ3n) is 2.71. The zero-order valence-corrected chi connectivity index (χ0v) is 12.6. The molecule has 0 aliphatic carbocycles. The summed E-state index contributed by atoms with van der Waals surface area (Å²) in [5.74, 6) is 2.47. The summed E-state index contributed by atoms with van der Waals surface area (Å²) < 4.78 is 0. The molecule has 0 bridgehead atoms. The summed E-state index contributed by atoms with van der Waals surface area (Å²) in [5.41, 5.74) is 1.13. The summed E-state index contributed by atoms with van der Waals surface area (Å²) in [6.07, 6.45) is 1.82. The second-order valence-electron chi connectivity index (χ2n) is 5.05. The highest BCUT2D eigenvalue weighted by Gasteiger charge is 2.07. The predicted octanol–water partition coefficient (Wildman–Crippen LogP) is 3.76. The van der Waals surface area contributed by atoms with Gasteiger partial charge in [-0.05, 0) is 30.7 Å². The van der Waals surface area contributed by atoms with E-state index in [1.165, 1.54) is 4.88 Å². The van der Waals surface area contributed by atoms with E-state index in [1.807, 2.05) is 0 Å². The van der Waals surface area contributed by atoms with Crippen molar-refractivity contribution in [2.75, 3.05) is 11.9 Å². The lowest BCUT2D eigenvalue weighted by molar-refractivity contribution is 0.631. The highest BCUT2D eigenvalue weighted by Crippen LogP contribution is 2.16. The average Bonchev–Trinajstić information content (AvgIpc) is 2.81. The molecular formula is C15H21N3S. The van der Waals surface area contributed by atoms with Crippen molar-refractivity contribution in [3.05, 3.63) is 40.0 Å². The van der Waals surface area contributed by atoms with Crippen molar-refractivity contribution in [3.63, 3.8) is 0 Å². The van der Waals surface area contributed by atoms with Crippen LogP contribution < -0.4 is 5.32 Å². The minimum atomic E-state index is 0.610. The van der Waals surface area contributed by atoms with Crippen molar-refractivity contribution in [3.8, 4) is 0 Å². The van der Waals surface area contributed by atoms with E-state index in [0.29, 0.717) is 5.92 Å². The van der Waals surface area contributed by atoms with Crippen LogP contribution >= 0.6 is 11.3 Å². The molecule has 0 aliphatic rings. The van der Waals surface area contributed by atoms with Crippen LogP contribution in [0, 0.1) is 5.92 Å². The van der Waals surface area contributed by atoms with Crippen LogP contribution in [-0.2, 0) is 12.8 Å². The highest BCUT2D eigenvalue weighted by atomic mass is 32.1. The molecule has 0 saturated carbocycles. The monoisotopic (exact) mass is 275 g/mol. The molecule has 0 radical (unpaired) electrons. The molecule has 2 aromatic rings. The van der Waals surface area contributed by atoms with E-state index < -0.39 is 0 Å². The Morgan fingerprint density at radius 3 is 2.79 bits per heavy atom. The summed E-state index contributed by atoms with van der Waals surface area (Å²) in [4.78, 5) is 10.6. The fraction of sp³-hybridized carbons (Fsp3) is 0.467. The van der Waals surface area contributed by atoms with E-state index in [1.54, 1.807) is 11.3 Å². The quantitative estimate of drug-likeness (QED) is 0.872. The molecular weight excluding hydrogens is 254 g/mol. The van der Waals surface area contributed by atoms with Gasteiger partial charge in [-0.2, -0.15) is 0 Å². The normalized spacial score (nSPS) is 10.9. The minimum Gasteiger partial charge on any atom is -0.370 e. The number of hydrogen-bond acceptors (Lipinski definition) is 4. The van der Waals surface area contributed by atoms with Gasteiger partial charge >= 0.3 is 0 Å². The molecule has 0 aromatic carbocycles. The van der Waals surface area contributed by atoms with E-state index in [-0.39, 0.29) is 0 Å². The maximum atomic E-state index is 4.69. The molecule has 0 saturated heterocycles. The number of rotatable bonds is 6. The lowest BCUT2D eigenvalue weighted by atomic mass is 10.1. The van der Waals surface area contributed by atoms with Crippen molar-refractivity contribution in [2.24, 2.45) is 5.92 Å². The third kappa shape index (κ3) is 4.31. The van der Waals surface area contributed by atoms with Crippen molar-refractivity contribution >= 4 is 17.2 Å². The van der Waals surface area contributed by atoms with Crippen LogP contribution in [0.25, 0.3) is 0 Å². The van der Waals surface area contributed by atoms with Crippen molar-refractivity contribution < 1.29 is 0 Å². The van der Waals surface area contributed by atoms with Gasteiger partial charge in [0.25, 0.3) is 0 Å². The number of aromatic nitrogens is 2. The number of anilines is 1. The van der Waals surface area contributed by atoms with Crippen LogP contribution in [-0.4, -0.2) is 16.5 Å². The molecule has 4 heteroatoms. The largest absolute Gasteiger partial charge is 0.370 e. The fourth-order valence-corrected chi connectivity index (χ4v) is 2.70. The molecule has 0 fully saturated rings. The molecule has 1 N–H and O–H groups in total. The topological polar surface area (TPSA) is 37.8 Å². The smallest absolute Gasteiger partial charge is 0.136 e. The molecule has 0 aliphatic heterocycles. The Bertz CT molecular complexity index is 506. The predicted molar refractivity (Wildman–Crippen MR) is 81.9 cm³/mol. The van der Waals surface area contributed by atoms with Gasteiger partial charge in [0.15, 0.2) is 0 Å². The van der Waals surface area contributed by atoms with Gasteiger partial charge in [0.2, 0.25) is 0 Å². The Labute approximate surface area is 119 Å². The SMILES string of the molecule is CCNc1cc(CC(C)C)nc(Cc2cccs2)n1. The molecule has 19 heavy (non-hydrogen) atoms. The van der Waals surface area contributed by atoms with Gasteiger partial charge in [0.1, 0.15) is 11.6 Å². The fourth-order valence-electron chi connectivity index (χ4n) is 1.99. The van der Waals surface area contributed by atoms with Gasteiger partial charge in [0, 0.05) is 29.6 Å². The molecule has 102 valence electrons. The number of nitrogens with one attached hydrogen (secondary N) is 1. The summed E-state index contributed by atoms with van der Waals surface area (Å²) >= 11 is 1.76. The average molecular weight is 275 g/mol. The molecule has 0 amide bonds. The third-order valence-corrected chi connectivity index (χ3v) is 3.59. The molecule has 2 rings (SSSR count). The number of thiophene rings is 1. The second kappa shape index (κ2) is 6.66. The summed E-state index contributed by atoms with van der Waals surface area (Å²) in [7, 11) is 0. The first kappa shape index (κ1) is 14.0. The van der Waals surface area contributed by atoms with Crippen LogP contribution in [0.15, 0.2) is 23.6 Å². The standard InChI is InChI=1S/C15H21N3S/c1-4-16-14-9-12(8-11(2)3)17-15(18-14)10-13-6-5-7-19-13/h5-7,9,11H,4,8,10H2,1-3H3,(H,16,17,18). The zero-order valence-electron chi connectivity index (χ0n) is 11.8. The molecule has 2 heterocycles. The maximum absolute atomic E-state index is 4.69. The van der Waals surface area contributed by atoms with Crippen LogP contribution in [0.4, 0.5) is 5.82 Å². The first-order valence-electron chi connectivity index (χ1n) is 6.80. The van der Waals surface area contributed by atoms with Gasteiger partial charge in [-0.3, -0.25) is 0 Å². The Balaban J connectivity index is 2.22. The second-order valence-corrected chi connectivity index (χ2v) is 6.08. The van der Waals surface area contributed by atoms with Crippen LogP contribution in [0.2, 0.25) is 0 Å². The summed E-state index contributed by atoms with van der Waals surface area (Å²) in [6.45, 7) is 7.40. The van der Waals surface area contributed by atoms with Crippen LogP contribution in [0.3, 0.4) is 0 Å². The Hall–Kier alpha value is -1.42. The molecule has 3 nitrogen and oxygen atoms in total. The van der Waals surface area contributed by atoms with Crippen LogP contribution in [0.1, 0.15) is 37.2 Å². The first-order chi connectivity index (χ1) is 9.17. The Kier molecular flexibility index (Phi) is 4.91. The van der Waals surface area contributed by atoms with Gasteiger partial charge in [-0.1, -0.05) is 19.9 Å². The van der Waals surface area contributed by atoms with E-state index in [2.05, 4.69) is 59.6 Å². The first-order valence-corrected chi connectivity index (χ1v) is 7.68. The molecule has 0 atom stereocenters. The van der Waals surface area contributed by atoms with Gasteiger partial charge < -0.3 is 5.32 Å². The molecule has 0 spiro atoms. The number of nitrogens with zero attached hydrogens (tertiary/aromatic N) is 2. The van der Waals surface area contributed by atoms with E-state index >= 15 is 0 Å². The minimum absolute atomic E-state index is 0.610. The lowest BCUT2D eigenvalue weighted by Crippen LogP contribution is -2.08. The summed E-state index contributed by atoms with van der Waals surface area (Å²) in [5, 5.41) is 5.39. The molecule has 0 unspecified atom stereocenters. The van der Waals surface area contributed by atoms with Crippen molar-refractivity contribution in [1.82, 2.24) is 9.97 Å². The van der Waals surface area contributed by atoms with Crippen molar-refractivity contribution in [2.45, 2.75) is 33.6 Å². The van der Waals surface area contributed by atoms with Crippen molar-refractivity contribution in [1.29, 1.82) is 0 Å².